The van der Waals surface area contributed by atoms with Crippen LogP contribution in [0.3, 0.4) is 0 Å². The van der Waals surface area contributed by atoms with Crippen LogP contribution in [-0.2, 0) is 19.1 Å². The number of rotatable bonds is 9. The number of amides is 2. The number of carboxylic acid groups (broad SMARTS) is 1. The Morgan fingerprint density at radius 1 is 1.27 bits per heavy atom. The Morgan fingerprint density at radius 2 is 1.91 bits per heavy atom. The van der Waals surface area contributed by atoms with Gasteiger partial charge in [-0.15, -0.1) is 0 Å². The lowest BCUT2D eigenvalue weighted by Gasteiger charge is -2.39. The highest BCUT2D eigenvalue weighted by Crippen LogP contribution is 2.41. The molecule has 0 bridgehead atoms. The van der Waals surface area contributed by atoms with Crippen LogP contribution in [0.15, 0.2) is 0 Å². The van der Waals surface area contributed by atoms with Gasteiger partial charge in [0.15, 0.2) is 0 Å². The number of carbonyl (C=O) groups is 3. The minimum absolute atomic E-state index is 0.149. The zero-order valence-corrected chi connectivity index (χ0v) is 13.5. The van der Waals surface area contributed by atoms with Crippen molar-refractivity contribution in [2.24, 2.45) is 11.3 Å². The monoisotopic (exact) mass is 314 g/mol. The molecule has 2 amide bonds. The topological polar surface area (TPSA) is 105 Å². The number of ether oxygens (including phenoxy) is 1. The highest BCUT2D eigenvalue weighted by Gasteiger charge is 2.44. The molecule has 1 saturated carbocycles. The highest BCUT2D eigenvalue weighted by molar-refractivity contribution is 5.90. The van der Waals surface area contributed by atoms with Crippen molar-refractivity contribution >= 4 is 17.8 Å². The van der Waals surface area contributed by atoms with Gasteiger partial charge >= 0.3 is 5.97 Å². The lowest BCUT2D eigenvalue weighted by atomic mass is 9.68. The molecule has 22 heavy (non-hydrogen) atoms. The third-order valence-corrected chi connectivity index (χ3v) is 3.96. The molecular formula is C15H26N2O5. The fourth-order valence-electron chi connectivity index (χ4n) is 2.60. The summed E-state index contributed by atoms with van der Waals surface area (Å²) in [7, 11) is 1.55. The fraction of sp³-hybridized carbons (Fsp3) is 0.800. The van der Waals surface area contributed by atoms with Gasteiger partial charge in [-0.05, 0) is 25.2 Å². The van der Waals surface area contributed by atoms with Crippen molar-refractivity contribution in [3.8, 4) is 0 Å². The molecule has 126 valence electrons. The van der Waals surface area contributed by atoms with E-state index in [-0.39, 0.29) is 18.4 Å². The lowest BCUT2D eigenvalue weighted by molar-refractivity contribution is -0.143. The van der Waals surface area contributed by atoms with E-state index in [1.54, 1.807) is 7.11 Å². The number of aliphatic carboxylic acids is 1. The van der Waals surface area contributed by atoms with Crippen LogP contribution in [-0.4, -0.2) is 49.2 Å². The Balaban J connectivity index is 2.44. The Bertz CT molecular complexity index is 418. The van der Waals surface area contributed by atoms with Gasteiger partial charge in [0.05, 0.1) is 18.6 Å². The molecule has 7 heteroatoms. The molecule has 1 fully saturated rings. The van der Waals surface area contributed by atoms with Crippen LogP contribution >= 0.6 is 0 Å². The standard InChI is InChI=1S/C15H26N2O5/c1-10(2)7-11(13(19)20)17-12(18)8-16-14(21)15(9-22-3)5-4-6-15/h10-11H,4-9H2,1-3H3,(H,16,21)(H,17,18)(H,19,20)/t11-/m0/s1. The molecule has 1 aliphatic carbocycles. The Morgan fingerprint density at radius 3 is 2.32 bits per heavy atom. The molecule has 0 aromatic carbocycles. The minimum Gasteiger partial charge on any atom is -0.480 e. The smallest absolute Gasteiger partial charge is 0.326 e. The normalized spacial score (nSPS) is 17.5. The van der Waals surface area contributed by atoms with Crippen LogP contribution in [0.25, 0.3) is 0 Å². The van der Waals surface area contributed by atoms with E-state index >= 15 is 0 Å². The van der Waals surface area contributed by atoms with E-state index < -0.39 is 23.3 Å². The first-order valence-electron chi connectivity index (χ1n) is 7.60. The molecule has 1 rings (SSSR count). The van der Waals surface area contributed by atoms with E-state index in [9.17, 15) is 14.4 Å². The zero-order valence-electron chi connectivity index (χ0n) is 13.5. The first-order chi connectivity index (χ1) is 10.3. The van der Waals surface area contributed by atoms with Gasteiger partial charge in [-0.1, -0.05) is 20.3 Å². The largest absolute Gasteiger partial charge is 0.480 e. The second kappa shape index (κ2) is 8.12. The van der Waals surface area contributed by atoms with Crippen molar-refractivity contribution < 1.29 is 24.2 Å². The number of hydrogen-bond acceptors (Lipinski definition) is 4. The number of carboxylic acids is 1. The maximum Gasteiger partial charge on any atom is 0.326 e. The van der Waals surface area contributed by atoms with Crippen molar-refractivity contribution in [1.29, 1.82) is 0 Å². The molecule has 0 radical (unpaired) electrons. The Labute approximate surface area is 130 Å². The van der Waals surface area contributed by atoms with Crippen molar-refractivity contribution in [3.05, 3.63) is 0 Å². The first kappa shape index (κ1) is 18.4. The third kappa shape index (κ3) is 4.98. The van der Waals surface area contributed by atoms with Gasteiger partial charge in [0.2, 0.25) is 11.8 Å². The molecule has 0 aromatic rings. The van der Waals surface area contributed by atoms with Crippen LogP contribution in [0.5, 0.6) is 0 Å². The van der Waals surface area contributed by atoms with Gasteiger partial charge in [0.25, 0.3) is 0 Å². The molecule has 0 heterocycles. The fourth-order valence-corrected chi connectivity index (χ4v) is 2.60. The number of nitrogens with one attached hydrogen (secondary N) is 2. The van der Waals surface area contributed by atoms with Gasteiger partial charge in [-0.25, -0.2) is 4.79 Å². The number of carbonyl (C=O) groups excluding carboxylic acids is 2. The number of hydrogen-bond donors (Lipinski definition) is 3. The summed E-state index contributed by atoms with van der Waals surface area (Å²) in [5.41, 5.74) is -0.529. The molecular weight excluding hydrogens is 288 g/mol. The molecule has 1 aliphatic rings. The van der Waals surface area contributed by atoms with E-state index in [1.165, 1.54) is 0 Å². The van der Waals surface area contributed by atoms with E-state index in [0.29, 0.717) is 13.0 Å². The van der Waals surface area contributed by atoms with E-state index in [0.717, 1.165) is 19.3 Å². The molecule has 7 nitrogen and oxygen atoms in total. The predicted octanol–water partition coefficient (Wildman–Crippen LogP) is 0.535. The summed E-state index contributed by atoms with van der Waals surface area (Å²) in [4.78, 5) is 35.1. The summed E-state index contributed by atoms with van der Waals surface area (Å²) in [6.45, 7) is 3.89. The molecule has 1 atom stereocenters. The summed E-state index contributed by atoms with van der Waals surface area (Å²) in [6, 6.07) is -0.930. The van der Waals surface area contributed by atoms with Gasteiger partial charge in [0.1, 0.15) is 6.04 Å². The minimum atomic E-state index is -1.07. The summed E-state index contributed by atoms with van der Waals surface area (Å²) >= 11 is 0. The van der Waals surface area contributed by atoms with Gasteiger partial charge in [-0.2, -0.15) is 0 Å². The second-order valence-corrected chi connectivity index (χ2v) is 6.34. The zero-order chi connectivity index (χ0) is 16.8. The third-order valence-electron chi connectivity index (χ3n) is 3.96. The maximum atomic E-state index is 12.2. The van der Waals surface area contributed by atoms with Crippen molar-refractivity contribution in [1.82, 2.24) is 10.6 Å². The average molecular weight is 314 g/mol. The van der Waals surface area contributed by atoms with Crippen molar-refractivity contribution in [2.75, 3.05) is 20.3 Å². The van der Waals surface area contributed by atoms with Crippen LogP contribution in [0.2, 0.25) is 0 Å². The quantitative estimate of drug-likeness (QED) is 0.576. The molecule has 0 aromatic heterocycles. The summed E-state index contributed by atoms with van der Waals surface area (Å²) in [5.74, 6) is -1.61. The van der Waals surface area contributed by atoms with E-state index in [1.807, 2.05) is 13.8 Å². The first-order valence-corrected chi connectivity index (χ1v) is 7.60. The highest BCUT2D eigenvalue weighted by atomic mass is 16.5. The summed E-state index contributed by atoms with van der Waals surface area (Å²) in [6.07, 6.45) is 2.82. The Hall–Kier alpha value is -1.63. The van der Waals surface area contributed by atoms with Crippen LogP contribution < -0.4 is 10.6 Å². The van der Waals surface area contributed by atoms with Crippen molar-refractivity contribution in [2.45, 2.75) is 45.6 Å². The second-order valence-electron chi connectivity index (χ2n) is 6.34. The van der Waals surface area contributed by atoms with Crippen molar-refractivity contribution in [3.63, 3.8) is 0 Å². The molecule has 0 unspecified atom stereocenters. The van der Waals surface area contributed by atoms with E-state index in [4.69, 9.17) is 9.84 Å². The van der Waals surface area contributed by atoms with Crippen LogP contribution in [0.1, 0.15) is 39.5 Å². The van der Waals surface area contributed by atoms with E-state index in [2.05, 4.69) is 10.6 Å². The van der Waals surface area contributed by atoms with Crippen LogP contribution in [0.4, 0.5) is 0 Å². The predicted molar refractivity (Wildman–Crippen MR) is 80.2 cm³/mol. The molecule has 3 N–H and O–H groups in total. The molecule has 0 spiro atoms. The summed E-state index contributed by atoms with van der Waals surface area (Å²) < 4.78 is 5.08. The Kier molecular flexibility index (Phi) is 6.80. The lowest BCUT2D eigenvalue weighted by Crippen LogP contribution is -2.52. The van der Waals surface area contributed by atoms with Crippen LogP contribution in [0, 0.1) is 11.3 Å². The van der Waals surface area contributed by atoms with Gasteiger partial charge in [0, 0.05) is 7.11 Å². The average Bonchev–Trinajstić information content (AvgIpc) is 2.38. The molecule has 0 aliphatic heterocycles. The summed E-state index contributed by atoms with van der Waals surface area (Å²) in [5, 5.41) is 14.1. The van der Waals surface area contributed by atoms with Gasteiger partial charge < -0.3 is 20.5 Å². The maximum absolute atomic E-state index is 12.2. The number of methoxy groups -OCH3 is 1. The van der Waals surface area contributed by atoms with Gasteiger partial charge in [-0.3, -0.25) is 9.59 Å². The molecule has 0 saturated heterocycles. The SMILES string of the molecule is COCC1(C(=O)NCC(=O)N[C@@H](CC(C)C)C(=O)O)CCC1.